The van der Waals surface area contributed by atoms with Crippen LogP contribution in [0.25, 0.3) is 0 Å². The maximum absolute atomic E-state index is 13.3. The van der Waals surface area contributed by atoms with Crippen LogP contribution in [0.2, 0.25) is 0 Å². The van der Waals surface area contributed by atoms with Crippen LogP contribution < -0.4 is 0 Å². The van der Waals surface area contributed by atoms with Crippen molar-refractivity contribution in [2.24, 2.45) is 0 Å². The van der Waals surface area contributed by atoms with E-state index in [4.69, 9.17) is 0 Å². The van der Waals surface area contributed by atoms with Crippen LogP contribution in [0.15, 0.2) is 51.4 Å². The van der Waals surface area contributed by atoms with Crippen LogP contribution in [0.5, 0.6) is 0 Å². The molecule has 0 aliphatic carbocycles. The number of hydrogen-bond acceptors (Lipinski definition) is 0. The molecule has 0 heterocycles. The van der Waals surface area contributed by atoms with Gasteiger partial charge in [-0.1, -0.05) is 59.9 Å². The van der Waals surface area contributed by atoms with Crippen LogP contribution in [0.3, 0.4) is 0 Å². The smallest absolute Gasteiger partial charge is 0.123 e. The third kappa shape index (κ3) is 3.65. The Morgan fingerprint density at radius 2 is 1.83 bits per heavy atom. The molecule has 4 heteroatoms. The van der Waals surface area contributed by atoms with Crippen molar-refractivity contribution in [1.29, 1.82) is 0 Å². The molecule has 0 bridgehead atoms. The number of alkyl halides is 1. The molecule has 0 saturated heterocycles. The highest BCUT2D eigenvalue weighted by molar-refractivity contribution is 9.11. The van der Waals surface area contributed by atoms with Crippen LogP contribution in [0.1, 0.15) is 16.0 Å². The molecule has 0 N–H and O–H groups in total. The first-order valence-corrected chi connectivity index (χ1v) is 7.90. The van der Waals surface area contributed by atoms with Gasteiger partial charge in [0.1, 0.15) is 5.82 Å². The van der Waals surface area contributed by atoms with Crippen molar-refractivity contribution in [1.82, 2.24) is 0 Å². The molecule has 2 aromatic carbocycles. The van der Waals surface area contributed by atoms with Gasteiger partial charge in [0.25, 0.3) is 0 Å². The summed E-state index contributed by atoms with van der Waals surface area (Å²) in [4.78, 5) is 0.0804. The summed E-state index contributed by atoms with van der Waals surface area (Å²) in [6.07, 6.45) is 0.807. The minimum absolute atomic E-state index is 0.0804. The fourth-order valence-electron chi connectivity index (χ4n) is 1.74. The monoisotopic (exact) mass is 434 g/mol. The van der Waals surface area contributed by atoms with Crippen molar-refractivity contribution in [3.8, 4) is 0 Å². The summed E-state index contributed by atoms with van der Waals surface area (Å²) >= 11 is 10.5. The lowest BCUT2D eigenvalue weighted by atomic mass is 10.0. The Hall–Kier alpha value is -0.190. The van der Waals surface area contributed by atoms with Gasteiger partial charge in [-0.05, 0) is 47.9 Å². The first-order chi connectivity index (χ1) is 8.56. The quantitative estimate of drug-likeness (QED) is 0.515. The molecule has 94 valence electrons. The number of hydrogen-bond donors (Lipinski definition) is 0. The highest BCUT2D eigenvalue weighted by Gasteiger charge is 2.13. The average molecular weight is 437 g/mol. The average Bonchev–Trinajstić information content (AvgIpc) is 2.32. The SMILES string of the molecule is Fc1ccc(Br)c(C(Br)Cc2cccc(Br)c2)c1. The summed E-state index contributed by atoms with van der Waals surface area (Å²) < 4.78 is 15.2. The van der Waals surface area contributed by atoms with E-state index < -0.39 is 0 Å². The Kier molecular flexibility index (Phi) is 4.98. The lowest BCUT2D eigenvalue weighted by Crippen LogP contribution is -1.97. The first kappa shape index (κ1) is 14.2. The van der Waals surface area contributed by atoms with E-state index in [1.54, 1.807) is 12.1 Å². The molecule has 18 heavy (non-hydrogen) atoms. The first-order valence-electron chi connectivity index (χ1n) is 5.40. The fourth-order valence-corrected chi connectivity index (χ4v) is 3.76. The van der Waals surface area contributed by atoms with Crippen molar-refractivity contribution in [2.45, 2.75) is 11.2 Å². The summed E-state index contributed by atoms with van der Waals surface area (Å²) in [5.41, 5.74) is 2.12. The Balaban J connectivity index is 2.21. The molecule has 1 unspecified atom stereocenters. The minimum Gasteiger partial charge on any atom is -0.207 e. The Bertz CT molecular complexity index is 554. The van der Waals surface area contributed by atoms with Crippen LogP contribution in [0.4, 0.5) is 4.39 Å². The van der Waals surface area contributed by atoms with Crippen molar-refractivity contribution in [3.63, 3.8) is 0 Å². The summed E-state index contributed by atoms with van der Waals surface area (Å²) in [6.45, 7) is 0. The summed E-state index contributed by atoms with van der Waals surface area (Å²) in [7, 11) is 0. The van der Waals surface area contributed by atoms with Gasteiger partial charge in [0.2, 0.25) is 0 Å². The van der Waals surface area contributed by atoms with E-state index in [1.807, 2.05) is 12.1 Å². The van der Waals surface area contributed by atoms with E-state index in [0.29, 0.717) is 0 Å². The zero-order valence-corrected chi connectivity index (χ0v) is 14.1. The lowest BCUT2D eigenvalue weighted by Gasteiger charge is -2.12. The van der Waals surface area contributed by atoms with E-state index >= 15 is 0 Å². The largest absolute Gasteiger partial charge is 0.207 e. The summed E-state index contributed by atoms with van der Waals surface area (Å²) in [5, 5.41) is 0. The maximum Gasteiger partial charge on any atom is 0.123 e. The van der Waals surface area contributed by atoms with Crippen LogP contribution >= 0.6 is 47.8 Å². The second-order valence-corrected chi connectivity index (χ2v) is 6.84. The van der Waals surface area contributed by atoms with Crippen LogP contribution in [-0.4, -0.2) is 0 Å². The number of benzene rings is 2. The van der Waals surface area contributed by atoms with E-state index in [2.05, 4.69) is 59.9 Å². The normalized spacial score (nSPS) is 12.4. The van der Waals surface area contributed by atoms with Gasteiger partial charge < -0.3 is 0 Å². The van der Waals surface area contributed by atoms with Crippen molar-refractivity contribution < 1.29 is 4.39 Å². The standard InChI is InChI=1S/C14H10Br3F/c15-10-3-1-2-9(6-10)7-14(17)12-8-11(18)4-5-13(12)16/h1-6,8,14H,7H2. The Morgan fingerprint density at radius 3 is 2.56 bits per heavy atom. The van der Waals surface area contributed by atoms with Gasteiger partial charge in [0, 0.05) is 13.8 Å². The van der Waals surface area contributed by atoms with Crippen LogP contribution in [-0.2, 0) is 6.42 Å². The lowest BCUT2D eigenvalue weighted by molar-refractivity contribution is 0.624. The van der Waals surface area contributed by atoms with Gasteiger partial charge in [0.05, 0.1) is 0 Å². The molecule has 0 aromatic heterocycles. The van der Waals surface area contributed by atoms with Gasteiger partial charge in [-0.15, -0.1) is 0 Å². The predicted molar refractivity (Wildman–Crippen MR) is 83.6 cm³/mol. The minimum atomic E-state index is -0.216. The zero-order chi connectivity index (χ0) is 13.1. The Morgan fingerprint density at radius 1 is 1.06 bits per heavy atom. The van der Waals surface area contributed by atoms with Crippen molar-refractivity contribution in [2.75, 3.05) is 0 Å². The molecule has 0 aliphatic heterocycles. The van der Waals surface area contributed by atoms with E-state index in [1.165, 1.54) is 11.6 Å². The molecule has 0 spiro atoms. The Labute approximate surface area is 131 Å². The van der Waals surface area contributed by atoms with Crippen LogP contribution in [0, 0.1) is 5.82 Å². The molecule has 0 fully saturated rings. The zero-order valence-electron chi connectivity index (χ0n) is 9.34. The summed E-state index contributed by atoms with van der Waals surface area (Å²) in [6, 6.07) is 12.9. The second kappa shape index (κ2) is 6.31. The second-order valence-electron chi connectivity index (χ2n) is 3.97. The highest BCUT2D eigenvalue weighted by Crippen LogP contribution is 2.33. The van der Waals surface area contributed by atoms with Gasteiger partial charge in [-0.25, -0.2) is 4.39 Å². The molecule has 0 saturated carbocycles. The van der Waals surface area contributed by atoms with Gasteiger partial charge in [0.15, 0.2) is 0 Å². The maximum atomic E-state index is 13.3. The molecule has 0 radical (unpaired) electrons. The molecule has 2 aromatic rings. The topological polar surface area (TPSA) is 0 Å². The molecular weight excluding hydrogens is 427 g/mol. The van der Waals surface area contributed by atoms with Gasteiger partial charge in [-0.2, -0.15) is 0 Å². The van der Waals surface area contributed by atoms with E-state index in [-0.39, 0.29) is 10.6 Å². The van der Waals surface area contributed by atoms with Gasteiger partial charge >= 0.3 is 0 Å². The van der Waals surface area contributed by atoms with Gasteiger partial charge in [-0.3, -0.25) is 0 Å². The molecule has 2 rings (SSSR count). The number of rotatable bonds is 3. The third-order valence-corrected chi connectivity index (χ3v) is 4.63. The molecule has 1 atom stereocenters. The van der Waals surface area contributed by atoms with E-state index in [9.17, 15) is 4.39 Å². The van der Waals surface area contributed by atoms with Crippen molar-refractivity contribution >= 4 is 47.8 Å². The van der Waals surface area contributed by atoms with Crippen molar-refractivity contribution in [3.05, 3.63) is 68.4 Å². The predicted octanol–water partition coefficient (Wildman–Crippen LogP) is 6.03. The molecule has 0 nitrogen and oxygen atoms in total. The molecular formula is C14H10Br3F. The number of halogens is 4. The third-order valence-electron chi connectivity index (χ3n) is 2.60. The highest BCUT2D eigenvalue weighted by atomic mass is 79.9. The summed E-state index contributed by atoms with van der Waals surface area (Å²) in [5.74, 6) is -0.216. The van der Waals surface area contributed by atoms with E-state index in [0.717, 1.165) is 20.9 Å². The molecule has 0 amide bonds. The molecule has 0 aliphatic rings. The fraction of sp³-hybridized carbons (Fsp3) is 0.143.